The first-order valence-corrected chi connectivity index (χ1v) is 5.59. The van der Waals surface area contributed by atoms with Crippen LogP contribution in [0.4, 0.5) is 0 Å². The molecule has 78 valence electrons. The predicted octanol–water partition coefficient (Wildman–Crippen LogP) is 2.29. The quantitative estimate of drug-likeness (QED) is 0.666. The number of hydrogen-bond acceptors (Lipinski definition) is 2. The molecule has 1 fully saturated rings. The van der Waals surface area contributed by atoms with Gasteiger partial charge in [-0.15, -0.1) is 0 Å². The third-order valence-electron chi connectivity index (χ3n) is 3.17. The molecule has 0 aromatic rings. The third kappa shape index (κ3) is 3.28. The lowest BCUT2D eigenvalue weighted by Crippen LogP contribution is -2.36. The summed E-state index contributed by atoms with van der Waals surface area (Å²) in [5.74, 6) is 0. The molecule has 0 atom stereocenters. The zero-order valence-corrected chi connectivity index (χ0v) is 9.25. The van der Waals surface area contributed by atoms with E-state index in [0.717, 1.165) is 12.6 Å². The monoisotopic (exact) mass is 185 g/mol. The van der Waals surface area contributed by atoms with E-state index in [9.17, 15) is 0 Å². The fourth-order valence-corrected chi connectivity index (χ4v) is 2.15. The van der Waals surface area contributed by atoms with Crippen LogP contribution in [-0.2, 0) is 4.74 Å². The molecule has 1 rings (SSSR count). The maximum absolute atomic E-state index is 5.63. The van der Waals surface area contributed by atoms with Crippen LogP contribution in [0.15, 0.2) is 0 Å². The molecule has 0 spiro atoms. The Labute approximate surface area is 82.3 Å². The predicted molar refractivity (Wildman–Crippen MR) is 56.0 cm³/mol. The average molecular weight is 185 g/mol. The zero-order chi connectivity index (χ0) is 9.68. The molecule has 13 heavy (non-hydrogen) atoms. The maximum atomic E-state index is 5.63. The normalized spacial score (nSPS) is 29.5. The Balaban J connectivity index is 2.22. The summed E-state index contributed by atoms with van der Waals surface area (Å²) in [5, 5.41) is 0. The van der Waals surface area contributed by atoms with Gasteiger partial charge in [-0.3, -0.25) is 0 Å². The number of nitrogens with zero attached hydrogens (tertiary/aromatic N) is 1. The average Bonchev–Trinajstić information content (AvgIpc) is 2.18. The molecule has 0 heterocycles. The standard InChI is InChI=1S/C11H23NO/c1-4-12(3)10-6-8-11(9-7-10)13-5-2/h10-11H,4-9H2,1-3H3/t10-,11-. The number of hydrogen-bond donors (Lipinski definition) is 0. The van der Waals surface area contributed by atoms with Crippen LogP contribution in [0.3, 0.4) is 0 Å². The van der Waals surface area contributed by atoms with Gasteiger partial charge in [0.05, 0.1) is 6.10 Å². The second-order valence-electron chi connectivity index (χ2n) is 3.96. The summed E-state index contributed by atoms with van der Waals surface area (Å²) in [4.78, 5) is 2.46. The van der Waals surface area contributed by atoms with Crippen molar-refractivity contribution < 1.29 is 4.74 Å². The minimum absolute atomic E-state index is 0.548. The van der Waals surface area contributed by atoms with Gasteiger partial charge in [-0.1, -0.05) is 6.92 Å². The van der Waals surface area contributed by atoms with Crippen LogP contribution in [-0.4, -0.2) is 37.2 Å². The summed E-state index contributed by atoms with van der Waals surface area (Å²) in [6, 6.07) is 0.807. The Morgan fingerprint density at radius 3 is 2.23 bits per heavy atom. The van der Waals surface area contributed by atoms with Gasteiger partial charge in [-0.05, 0) is 46.2 Å². The minimum Gasteiger partial charge on any atom is -0.379 e. The van der Waals surface area contributed by atoms with Gasteiger partial charge in [-0.2, -0.15) is 0 Å². The van der Waals surface area contributed by atoms with Crippen LogP contribution in [0, 0.1) is 0 Å². The largest absolute Gasteiger partial charge is 0.379 e. The fraction of sp³-hybridized carbons (Fsp3) is 1.00. The first-order valence-electron chi connectivity index (χ1n) is 5.59. The van der Waals surface area contributed by atoms with E-state index in [-0.39, 0.29) is 0 Å². The van der Waals surface area contributed by atoms with E-state index in [2.05, 4.69) is 25.8 Å². The molecule has 2 nitrogen and oxygen atoms in total. The molecule has 1 saturated carbocycles. The number of ether oxygens (including phenoxy) is 1. The highest BCUT2D eigenvalue weighted by atomic mass is 16.5. The molecule has 0 unspecified atom stereocenters. The highest BCUT2D eigenvalue weighted by Crippen LogP contribution is 2.24. The molecule has 0 N–H and O–H groups in total. The third-order valence-corrected chi connectivity index (χ3v) is 3.17. The second kappa shape index (κ2) is 5.61. The molecule has 0 saturated heterocycles. The van der Waals surface area contributed by atoms with E-state index < -0.39 is 0 Å². The van der Waals surface area contributed by atoms with Gasteiger partial charge < -0.3 is 9.64 Å². The molecule has 2 heteroatoms. The van der Waals surface area contributed by atoms with E-state index in [1.807, 2.05) is 0 Å². The molecule has 0 amide bonds. The molecule has 1 aliphatic rings. The van der Waals surface area contributed by atoms with Gasteiger partial charge in [0.1, 0.15) is 0 Å². The number of rotatable bonds is 4. The topological polar surface area (TPSA) is 12.5 Å². The Bertz CT molecular complexity index is 130. The van der Waals surface area contributed by atoms with Gasteiger partial charge >= 0.3 is 0 Å². The summed E-state index contributed by atoms with van der Waals surface area (Å²) in [6.07, 6.45) is 5.68. The Morgan fingerprint density at radius 2 is 1.77 bits per heavy atom. The first-order chi connectivity index (χ1) is 6.27. The summed E-state index contributed by atoms with van der Waals surface area (Å²) in [5.41, 5.74) is 0. The maximum Gasteiger partial charge on any atom is 0.0576 e. The molecule has 0 aromatic heterocycles. The molecular formula is C11H23NO. The van der Waals surface area contributed by atoms with Crippen molar-refractivity contribution in [1.82, 2.24) is 4.90 Å². The SMILES string of the molecule is CCO[C@H]1CC[C@H](N(C)CC)CC1. The van der Waals surface area contributed by atoms with Crippen molar-refractivity contribution in [3.8, 4) is 0 Å². The van der Waals surface area contributed by atoms with Gasteiger partial charge in [-0.25, -0.2) is 0 Å². The molecule has 0 radical (unpaired) electrons. The van der Waals surface area contributed by atoms with Crippen LogP contribution in [0.25, 0.3) is 0 Å². The molecule has 0 bridgehead atoms. The van der Waals surface area contributed by atoms with Crippen LogP contribution in [0.5, 0.6) is 0 Å². The van der Waals surface area contributed by atoms with E-state index in [1.54, 1.807) is 0 Å². The van der Waals surface area contributed by atoms with Gasteiger partial charge in [0, 0.05) is 12.6 Å². The molecule has 1 aliphatic carbocycles. The van der Waals surface area contributed by atoms with Crippen molar-refractivity contribution in [2.24, 2.45) is 0 Å². The zero-order valence-electron chi connectivity index (χ0n) is 9.25. The van der Waals surface area contributed by atoms with Crippen molar-refractivity contribution >= 4 is 0 Å². The summed E-state index contributed by atoms with van der Waals surface area (Å²) in [7, 11) is 2.23. The molecular weight excluding hydrogens is 162 g/mol. The lowest BCUT2D eigenvalue weighted by molar-refractivity contribution is 0.0180. The Morgan fingerprint density at radius 1 is 1.15 bits per heavy atom. The van der Waals surface area contributed by atoms with Crippen molar-refractivity contribution in [3.63, 3.8) is 0 Å². The van der Waals surface area contributed by atoms with E-state index >= 15 is 0 Å². The highest BCUT2D eigenvalue weighted by Gasteiger charge is 2.22. The van der Waals surface area contributed by atoms with Gasteiger partial charge in [0.2, 0.25) is 0 Å². The molecule has 0 aliphatic heterocycles. The summed E-state index contributed by atoms with van der Waals surface area (Å²) < 4.78 is 5.63. The lowest BCUT2D eigenvalue weighted by Gasteiger charge is -2.33. The highest BCUT2D eigenvalue weighted by molar-refractivity contribution is 4.77. The lowest BCUT2D eigenvalue weighted by atomic mass is 9.92. The summed E-state index contributed by atoms with van der Waals surface area (Å²) in [6.45, 7) is 6.36. The van der Waals surface area contributed by atoms with Gasteiger partial charge in [0.25, 0.3) is 0 Å². The molecule has 0 aromatic carbocycles. The van der Waals surface area contributed by atoms with E-state index in [4.69, 9.17) is 4.74 Å². The second-order valence-corrected chi connectivity index (χ2v) is 3.96. The smallest absolute Gasteiger partial charge is 0.0576 e. The van der Waals surface area contributed by atoms with E-state index in [1.165, 1.54) is 32.2 Å². The fourth-order valence-electron chi connectivity index (χ4n) is 2.15. The Kier molecular flexibility index (Phi) is 4.74. The Hall–Kier alpha value is -0.0800. The summed E-state index contributed by atoms with van der Waals surface area (Å²) >= 11 is 0. The van der Waals surface area contributed by atoms with Crippen LogP contribution in [0.2, 0.25) is 0 Å². The van der Waals surface area contributed by atoms with Crippen LogP contribution in [0.1, 0.15) is 39.5 Å². The van der Waals surface area contributed by atoms with Crippen molar-refractivity contribution in [1.29, 1.82) is 0 Å². The van der Waals surface area contributed by atoms with Gasteiger partial charge in [0.15, 0.2) is 0 Å². The van der Waals surface area contributed by atoms with Crippen LogP contribution >= 0.6 is 0 Å². The van der Waals surface area contributed by atoms with E-state index in [0.29, 0.717) is 6.10 Å². The van der Waals surface area contributed by atoms with Crippen molar-refractivity contribution in [2.45, 2.75) is 51.7 Å². The first kappa shape index (κ1) is 11.0. The minimum atomic E-state index is 0.548. The van der Waals surface area contributed by atoms with Crippen molar-refractivity contribution in [3.05, 3.63) is 0 Å². The van der Waals surface area contributed by atoms with Crippen LogP contribution < -0.4 is 0 Å². The van der Waals surface area contributed by atoms with Crippen molar-refractivity contribution in [2.75, 3.05) is 20.2 Å².